The van der Waals surface area contributed by atoms with Crippen molar-refractivity contribution >= 4 is 16.7 Å². The maximum absolute atomic E-state index is 4.45. The molecule has 2 aromatic heterocycles. The first kappa shape index (κ1) is 11.7. The minimum atomic E-state index is 0.725. The largest absolute Gasteiger partial charge is 0.364 e. The van der Waals surface area contributed by atoms with Gasteiger partial charge in [0.25, 0.3) is 0 Å². The van der Waals surface area contributed by atoms with Crippen LogP contribution in [-0.2, 0) is 6.54 Å². The van der Waals surface area contributed by atoms with Gasteiger partial charge < -0.3 is 5.32 Å². The topological polar surface area (TPSA) is 53.6 Å². The lowest BCUT2D eigenvalue weighted by atomic mass is 10.1. The summed E-state index contributed by atoms with van der Waals surface area (Å²) < 4.78 is 0. The molecule has 0 saturated carbocycles. The van der Waals surface area contributed by atoms with Crippen LogP contribution in [0.2, 0.25) is 0 Å². The van der Waals surface area contributed by atoms with Crippen molar-refractivity contribution < 1.29 is 0 Å². The summed E-state index contributed by atoms with van der Waals surface area (Å²) >= 11 is 0. The third kappa shape index (κ3) is 2.29. The van der Waals surface area contributed by atoms with E-state index in [1.54, 1.807) is 0 Å². The number of nitrogens with one attached hydrogen (secondary N) is 2. The molecule has 1 aromatic carbocycles. The van der Waals surface area contributed by atoms with Gasteiger partial charge in [0, 0.05) is 29.4 Å². The van der Waals surface area contributed by atoms with Crippen LogP contribution in [-0.4, -0.2) is 15.2 Å². The van der Waals surface area contributed by atoms with Gasteiger partial charge in [-0.1, -0.05) is 18.2 Å². The Morgan fingerprint density at radius 2 is 2.05 bits per heavy atom. The highest BCUT2D eigenvalue weighted by Crippen LogP contribution is 2.16. The van der Waals surface area contributed by atoms with Gasteiger partial charge >= 0.3 is 0 Å². The molecule has 0 aliphatic carbocycles. The number of H-pyrrole nitrogens is 1. The smallest absolute Gasteiger partial charge is 0.151 e. The third-order valence-corrected chi connectivity index (χ3v) is 3.36. The van der Waals surface area contributed by atoms with Gasteiger partial charge in [0.15, 0.2) is 5.82 Å². The highest BCUT2D eigenvalue weighted by molar-refractivity contribution is 5.78. The lowest BCUT2D eigenvalue weighted by Gasteiger charge is -2.05. The molecule has 4 nitrogen and oxygen atoms in total. The zero-order valence-electron chi connectivity index (χ0n) is 11.1. The van der Waals surface area contributed by atoms with Crippen LogP contribution in [0.1, 0.15) is 16.8 Å². The number of para-hydroxylation sites is 1. The first-order chi connectivity index (χ1) is 9.24. The van der Waals surface area contributed by atoms with Gasteiger partial charge in [-0.15, -0.1) is 0 Å². The number of hydrogen-bond donors (Lipinski definition) is 2. The molecule has 3 aromatic rings. The molecule has 2 N–H and O–H groups in total. The lowest BCUT2D eigenvalue weighted by Crippen LogP contribution is -2.01. The van der Waals surface area contributed by atoms with Crippen molar-refractivity contribution in [1.29, 1.82) is 0 Å². The molecule has 0 saturated heterocycles. The summed E-state index contributed by atoms with van der Waals surface area (Å²) in [7, 11) is 0. The van der Waals surface area contributed by atoms with Gasteiger partial charge in [-0.25, -0.2) is 0 Å². The number of fused-ring (bicyclic) bond motifs is 1. The quantitative estimate of drug-likeness (QED) is 0.752. The van der Waals surface area contributed by atoms with Gasteiger partial charge in [0.2, 0.25) is 0 Å². The van der Waals surface area contributed by atoms with E-state index in [1.165, 1.54) is 0 Å². The van der Waals surface area contributed by atoms with Crippen molar-refractivity contribution in [1.82, 2.24) is 15.2 Å². The number of rotatable bonds is 3. The molecular formula is C15H16N4. The SMILES string of the molecule is Cc1[nH]nc(NCc2cnc3ccccc3c2)c1C. The second kappa shape index (κ2) is 4.72. The predicted molar refractivity (Wildman–Crippen MR) is 77.1 cm³/mol. The Labute approximate surface area is 111 Å². The van der Waals surface area contributed by atoms with Crippen LogP contribution in [0, 0.1) is 13.8 Å². The first-order valence-corrected chi connectivity index (χ1v) is 6.33. The fourth-order valence-electron chi connectivity index (χ4n) is 2.06. The summed E-state index contributed by atoms with van der Waals surface area (Å²) in [6, 6.07) is 10.3. The van der Waals surface area contributed by atoms with Crippen molar-refractivity contribution in [2.45, 2.75) is 20.4 Å². The molecule has 0 spiro atoms. The van der Waals surface area contributed by atoms with E-state index in [2.05, 4.69) is 39.6 Å². The van der Waals surface area contributed by atoms with Gasteiger partial charge in [-0.3, -0.25) is 10.1 Å². The van der Waals surface area contributed by atoms with Crippen molar-refractivity contribution in [3.05, 3.63) is 53.3 Å². The molecule has 0 aliphatic heterocycles. The summed E-state index contributed by atoms with van der Waals surface area (Å²) in [6.07, 6.45) is 1.91. The van der Waals surface area contributed by atoms with Crippen molar-refractivity contribution in [3.8, 4) is 0 Å². The number of aromatic amines is 1. The minimum Gasteiger partial charge on any atom is -0.364 e. The van der Waals surface area contributed by atoms with E-state index < -0.39 is 0 Å². The molecule has 96 valence electrons. The highest BCUT2D eigenvalue weighted by Gasteiger charge is 2.05. The van der Waals surface area contributed by atoms with Gasteiger partial charge in [-0.05, 0) is 31.5 Å². The molecule has 2 heterocycles. The van der Waals surface area contributed by atoms with Gasteiger partial charge in [0.1, 0.15) is 0 Å². The molecule has 0 atom stereocenters. The summed E-state index contributed by atoms with van der Waals surface area (Å²) in [5, 5.41) is 11.7. The number of anilines is 1. The van der Waals surface area contributed by atoms with E-state index in [1.807, 2.05) is 31.3 Å². The summed E-state index contributed by atoms with van der Waals surface area (Å²) in [4.78, 5) is 4.45. The molecule has 0 amide bonds. The van der Waals surface area contributed by atoms with Crippen LogP contribution in [0.15, 0.2) is 36.5 Å². The third-order valence-electron chi connectivity index (χ3n) is 3.36. The maximum atomic E-state index is 4.45. The average Bonchev–Trinajstić information content (AvgIpc) is 2.76. The van der Waals surface area contributed by atoms with Crippen molar-refractivity contribution in [3.63, 3.8) is 0 Å². The Hall–Kier alpha value is -2.36. The van der Waals surface area contributed by atoms with Crippen LogP contribution in [0.3, 0.4) is 0 Å². The normalized spacial score (nSPS) is 10.8. The molecule has 4 heteroatoms. The van der Waals surface area contributed by atoms with E-state index in [4.69, 9.17) is 0 Å². The molecule has 19 heavy (non-hydrogen) atoms. The van der Waals surface area contributed by atoms with Crippen molar-refractivity contribution in [2.24, 2.45) is 0 Å². The standard InChI is InChI=1S/C15H16N4/c1-10-11(2)18-19-15(10)17-9-12-7-13-5-3-4-6-14(13)16-8-12/h3-8H,9H2,1-2H3,(H2,17,18,19). The van der Waals surface area contributed by atoms with Crippen LogP contribution >= 0.6 is 0 Å². The Morgan fingerprint density at radius 3 is 2.84 bits per heavy atom. The lowest BCUT2D eigenvalue weighted by molar-refractivity contribution is 1.02. The second-order valence-corrected chi connectivity index (χ2v) is 4.71. The van der Waals surface area contributed by atoms with Crippen LogP contribution in [0.25, 0.3) is 10.9 Å². The Balaban J connectivity index is 1.80. The Kier molecular flexibility index (Phi) is 2.91. The number of pyridine rings is 1. The number of aromatic nitrogens is 3. The zero-order chi connectivity index (χ0) is 13.2. The average molecular weight is 252 g/mol. The number of nitrogens with zero attached hydrogens (tertiary/aromatic N) is 2. The first-order valence-electron chi connectivity index (χ1n) is 6.33. The monoisotopic (exact) mass is 252 g/mol. The minimum absolute atomic E-state index is 0.725. The number of hydrogen-bond acceptors (Lipinski definition) is 3. The molecule has 3 rings (SSSR count). The van der Waals surface area contributed by atoms with E-state index in [-0.39, 0.29) is 0 Å². The van der Waals surface area contributed by atoms with Crippen molar-refractivity contribution in [2.75, 3.05) is 5.32 Å². The Morgan fingerprint density at radius 1 is 1.21 bits per heavy atom. The molecule has 0 bridgehead atoms. The van der Waals surface area contributed by atoms with E-state index >= 15 is 0 Å². The molecule has 0 radical (unpaired) electrons. The highest BCUT2D eigenvalue weighted by atomic mass is 15.2. The van der Waals surface area contributed by atoms with E-state index in [0.29, 0.717) is 0 Å². The fraction of sp³-hybridized carbons (Fsp3) is 0.200. The predicted octanol–water partition coefficient (Wildman–Crippen LogP) is 3.19. The Bertz CT molecular complexity index is 715. The molecule has 0 fully saturated rings. The summed E-state index contributed by atoms with van der Waals surface area (Å²) in [6.45, 7) is 4.80. The van der Waals surface area contributed by atoms with E-state index in [9.17, 15) is 0 Å². The number of benzene rings is 1. The molecule has 0 aliphatic rings. The van der Waals surface area contributed by atoms with E-state index in [0.717, 1.165) is 40.1 Å². The fourth-order valence-corrected chi connectivity index (χ4v) is 2.06. The number of aryl methyl sites for hydroxylation is 1. The van der Waals surface area contributed by atoms with Gasteiger partial charge in [-0.2, -0.15) is 5.10 Å². The summed E-state index contributed by atoms with van der Waals surface area (Å²) in [5.41, 5.74) is 4.43. The van der Waals surface area contributed by atoms with Gasteiger partial charge in [0.05, 0.1) is 5.52 Å². The molecule has 0 unspecified atom stereocenters. The zero-order valence-corrected chi connectivity index (χ0v) is 11.1. The van der Waals surface area contributed by atoms with Crippen LogP contribution in [0.5, 0.6) is 0 Å². The molecular weight excluding hydrogens is 236 g/mol. The maximum Gasteiger partial charge on any atom is 0.151 e. The second-order valence-electron chi connectivity index (χ2n) is 4.71. The van der Waals surface area contributed by atoms with Crippen LogP contribution in [0.4, 0.5) is 5.82 Å². The summed E-state index contributed by atoms with van der Waals surface area (Å²) in [5.74, 6) is 0.908. The van der Waals surface area contributed by atoms with Crippen LogP contribution < -0.4 is 5.32 Å².